The zero-order valence-corrected chi connectivity index (χ0v) is 21.8. The van der Waals surface area contributed by atoms with Gasteiger partial charge in [-0.3, -0.25) is 9.36 Å². The van der Waals surface area contributed by atoms with Gasteiger partial charge in [-0.1, -0.05) is 23.7 Å². The molecule has 2 aromatic carbocycles. The van der Waals surface area contributed by atoms with E-state index in [4.69, 9.17) is 11.6 Å². The van der Waals surface area contributed by atoms with Crippen LogP contribution in [0.5, 0.6) is 0 Å². The van der Waals surface area contributed by atoms with Crippen molar-refractivity contribution in [2.75, 3.05) is 13.1 Å². The van der Waals surface area contributed by atoms with Crippen LogP contribution in [0.4, 0.5) is 13.2 Å². The molecule has 2 aromatic heterocycles. The number of nitrogens with zero attached hydrogens (tertiary/aromatic N) is 7. The molecule has 2 heterocycles. The molecule has 0 fully saturated rings. The van der Waals surface area contributed by atoms with Crippen molar-refractivity contribution in [3.63, 3.8) is 0 Å². The zero-order valence-electron chi connectivity index (χ0n) is 21.0. The van der Waals surface area contributed by atoms with Crippen LogP contribution in [0.2, 0.25) is 5.02 Å². The van der Waals surface area contributed by atoms with Crippen LogP contribution in [-0.4, -0.2) is 70.4 Å². The number of hydrogen-bond acceptors (Lipinski definition) is 6. The van der Waals surface area contributed by atoms with Crippen molar-refractivity contribution in [3.05, 3.63) is 81.8 Å². The first kappa shape index (κ1) is 28.0. The van der Waals surface area contributed by atoms with E-state index < -0.39 is 24.5 Å². The highest BCUT2D eigenvalue weighted by Gasteiger charge is 2.39. The summed E-state index contributed by atoms with van der Waals surface area (Å²) in [4.78, 5) is 32.0. The lowest BCUT2D eigenvalue weighted by Crippen LogP contribution is -2.37. The van der Waals surface area contributed by atoms with E-state index in [2.05, 4.69) is 15.2 Å². The summed E-state index contributed by atoms with van der Waals surface area (Å²) < 4.78 is 42.3. The molecule has 39 heavy (non-hydrogen) atoms. The minimum Gasteiger partial charge on any atom is -0.382 e. The number of amides is 1. The summed E-state index contributed by atoms with van der Waals surface area (Å²) in [6.45, 7) is 3.48. The van der Waals surface area contributed by atoms with Crippen LogP contribution in [0.3, 0.4) is 0 Å². The maximum absolute atomic E-state index is 13.1. The highest BCUT2D eigenvalue weighted by molar-refractivity contribution is 6.30. The minimum atomic E-state index is -4.94. The van der Waals surface area contributed by atoms with E-state index in [-0.39, 0.29) is 24.1 Å². The summed E-state index contributed by atoms with van der Waals surface area (Å²) in [6.07, 6.45) is -6.34. The first-order valence-corrected chi connectivity index (χ1v) is 12.4. The molecule has 1 N–H and O–H groups in total. The molecule has 1 atom stereocenters. The van der Waals surface area contributed by atoms with Gasteiger partial charge in [-0.15, -0.1) is 10.2 Å². The van der Waals surface area contributed by atoms with Gasteiger partial charge in [-0.2, -0.15) is 13.2 Å². The monoisotopic (exact) mass is 563 g/mol. The molecule has 1 unspecified atom stereocenters. The molecule has 0 aliphatic rings. The van der Waals surface area contributed by atoms with Gasteiger partial charge in [0.15, 0.2) is 17.8 Å². The number of aliphatic hydroxyl groups is 1. The van der Waals surface area contributed by atoms with Crippen molar-refractivity contribution in [3.8, 4) is 17.1 Å². The third-order valence-corrected chi connectivity index (χ3v) is 6.27. The van der Waals surface area contributed by atoms with Gasteiger partial charge in [0.25, 0.3) is 5.91 Å². The largest absolute Gasteiger partial charge is 0.416 e. The van der Waals surface area contributed by atoms with Gasteiger partial charge in [0.1, 0.15) is 12.9 Å². The highest BCUT2D eigenvalue weighted by atomic mass is 35.5. The molecule has 0 radical (unpaired) electrons. The van der Waals surface area contributed by atoms with Gasteiger partial charge in [0.05, 0.1) is 17.8 Å². The SMILES string of the molecule is CCN(CC)C(=O)c1ccccc1-n1cnc(Cn2nc(-c3ccc(Cl)cc3)n(CC(O)C(F)(F)F)c2=O)n1. The first-order chi connectivity index (χ1) is 18.5. The van der Waals surface area contributed by atoms with E-state index in [9.17, 15) is 27.9 Å². The predicted octanol–water partition coefficient (Wildman–Crippen LogP) is 3.40. The highest BCUT2D eigenvalue weighted by Crippen LogP contribution is 2.24. The molecule has 14 heteroatoms. The van der Waals surface area contributed by atoms with Crippen molar-refractivity contribution < 1.29 is 23.1 Å². The fraction of sp³-hybridized carbons (Fsp3) is 0.320. The van der Waals surface area contributed by atoms with Crippen molar-refractivity contribution in [1.82, 2.24) is 34.0 Å². The molecule has 0 spiro atoms. The standard InChI is InChI=1S/C25H25ClF3N7O3/c1-3-33(4-2)23(38)18-7-5-6-8-19(18)36-15-30-21(31-36)14-35-24(39)34(13-20(37)25(27,28)29)22(32-35)16-9-11-17(26)12-10-16/h5-12,15,20,37H,3-4,13-14H2,1-2H3. The van der Waals surface area contributed by atoms with Crippen LogP contribution < -0.4 is 5.69 Å². The lowest BCUT2D eigenvalue weighted by atomic mass is 10.1. The van der Waals surface area contributed by atoms with Crippen LogP contribution in [0.25, 0.3) is 17.1 Å². The smallest absolute Gasteiger partial charge is 0.382 e. The summed E-state index contributed by atoms with van der Waals surface area (Å²) in [5.41, 5.74) is 0.315. The van der Waals surface area contributed by atoms with Crippen molar-refractivity contribution in [2.24, 2.45) is 0 Å². The van der Waals surface area contributed by atoms with Crippen molar-refractivity contribution >= 4 is 17.5 Å². The Morgan fingerprint density at radius 1 is 1.08 bits per heavy atom. The maximum atomic E-state index is 13.1. The van der Waals surface area contributed by atoms with Gasteiger partial charge in [0.2, 0.25) is 0 Å². The molecular formula is C25H25ClF3N7O3. The number of aliphatic hydroxyl groups excluding tert-OH is 1. The van der Waals surface area contributed by atoms with Crippen LogP contribution in [0, 0.1) is 0 Å². The Kier molecular flexibility index (Phi) is 8.21. The second kappa shape index (κ2) is 11.4. The van der Waals surface area contributed by atoms with Crippen LogP contribution in [0.15, 0.2) is 59.7 Å². The Bertz CT molecular complexity index is 1510. The summed E-state index contributed by atoms with van der Waals surface area (Å²) in [7, 11) is 0. The number of aromatic nitrogens is 6. The summed E-state index contributed by atoms with van der Waals surface area (Å²) in [6, 6.07) is 12.9. The molecule has 0 aliphatic carbocycles. The minimum absolute atomic E-state index is 0.0884. The molecule has 10 nitrogen and oxygen atoms in total. The van der Waals surface area contributed by atoms with E-state index in [1.807, 2.05) is 13.8 Å². The Morgan fingerprint density at radius 3 is 2.38 bits per heavy atom. The summed E-state index contributed by atoms with van der Waals surface area (Å²) >= 11 is 5.92. The molecule has 0 aliphatic heterocycles. The fourth-order valence-electron chi connectivity index (χ4n) is 3.95. The second-order valence-corrected chi connectivity index (χ2v) is 8.98. The fourth-order valence-corrected chi connectivity index (χ4v) is 4.08. The number of halogens is 4. The normalized spacial score (nSPS) is 12.5. The van der Waals surface area contributed by atoms with Crippen LogP contribution >= 0.6 is 11.6 Å². The lowest BCUT2D eigenvalue weighted by molar-refractivity contribution is -0.207. The predicted molar refractivity (Wildman–Crippen MR) is 137 cm³/mol. The zero-order chi connectivity index (χ0) is 28.3. The molecule has 0 saturated carbocycles. The lowest BCUT2D eigenvalue weighted by Gasteiger charge is -2.20. The molecule has 0 saturated heterocycles. The first-order valence-electron chi connectivity index (χ1n) is 12.0. The average molecular weight is 564 g/mol. The number of rotatable bonds is 9. The second-order valence-electron chi connectivity index (χ2n) is 8.54. The Hall–Kier alpha value is -3.97. The van der Waals surface area contributed by atoms with Crippen molar-refractivity contribution in [2.45, 2.75) is 39.2 Å². The third kappa shape index (κ3) is 6.04. The number of hydrogen-bond donors (Lipinski definition) is 1. The summed E-state index contributed by atoms with van der Waals surface area (Å²) in [5.74, 6) is -0.140. The summed E-state index contributed by atoms with van der Waals surface area (Å²) in [5, 5.41) is 18.6. The number of alkyl halides is 3. The topological polar surface area (TPSA) is 111 Å². The van der Waals surface area contributed by atoms with Crippen molar-refractivity contribution in [1.29, 1.82) is 0 Å². The van der Waals surface area contributed by atoms with Crippen LogP contribution in [0.1, 0.15) is 30.0 Å². The van der Waals surface area contributed by atoms with E-state index in [1.54, 1.807) is 29.2 Å². The molecule has 4 aromatic rings. The van der Waals surface area contributed by atoms with Crippen LogP contribution in [-0.2, 0) is 13.1 Å². The molecule has 206 valence electrons. The molecule has 0 bridgehead atoms. The third-order valence-electron chi connectivity index (χ3n) is 6.02. The van der Waals surface area contributed by atoms with E-state index in [1.165, 1.54) is 35.3 Å². The van der Waals surface area contributed by atoms with Gasteiger partial charge in [-0.25, -0.2) is 19.1 Å². The maximum Gasteiger partial charge on any atom is 0.416 e. The quantitative estimate of drug-likeness (QED) is 0.334. The Balaban J connectivity index is 1.69. The number of carbonyl (C=O) groups is 1. The van der Waals surface area contributed by atoms with E-state index in [0.29, 0.717) is 34.9 Å². The van der Waals surface area contributed by atoms with Gasteiger partial charge >= 0.3 is 11.9 Å². The molecular weight excluding hydrogens is 539 g/mol. The number of carbonyl (C=O) groups excluding carboxylic acids is 1. The molecule has 1 amide bonds. The average Bonchev–Trinajstić information content (AvgIpc) is 3.50. The Labute approximate surface area is 225 Å². The van der Waals surface area contributed by atoms with E-state index >= 15 is 0 Å². The van der Waals surface area contributed by atoms with Gasteiger partial charge in [-0.05, 0) is 50.2 Å². The van der Waals surface area contributed by atoms with E-state index in [0.717, 1.165) is 9.25 Å². The van der Waals surface area contributed by atoms with Gasteiger partial charge < -0.3 is 10.0 Å². The number of benzene rings is 2. The number of para-hydroxylation sites is 1. The van der Waals surface area contributed by atoms with Gasteiger partial charge in [0, 0.05) is 23.7 Å². The Morgan fingerprint density at radius 2 is 1.74 bits per heavy atom. The molecule has 4 rings (SSSR count).